The molecule has 1 heteroatoms. The van der Waals surface area contributed by atoms with Gasteiger partial charge in [0.05, 0.1) is 0 Å². The minimum Gasteiger partial charge on any atom is -0.247 e. The van der Waals surface area contributed by atoms with Gasteiger partial charge in [-0.05, 0) is 43.9 Å². The second kappa shape index (κ2) is 2.71. The van der Waals surface area contributed by atoms with E-state index in [9.17, 15) is 4.39 Å². The Morgan fingerprint density at radius 1 is 1.25 bits per heavy atom. The molecule has 3 saturated carbocycles. The molecular weight excluding hydrogens is 151 g/mol. The van der Waals surface area contributed by atoms with Gasteiger partial charge in [0.15, 0.2) is 0 Å². The molecule has 1 atom stereocenters. The van der Waals surface area contributed by atoms with Gasteiger partial charge < -0.3 is 0 Å². The maximum atomic E-state index is 13.8. The molecule has 0 nitrogen and oxygen atoms in total. The summed E-state index contributed by atoms with van der Waals surface area (Å²) >= 11 is 0. The van der Waals surface area contributed by atoms with Crippen LogP contribution in [0.15, 0.2) is 0 Å². The van der Waals surface area contributed by atoms with Crippen molar-refractivity contribution in [3.63, 3.8) is 0 Å². The minimum atomic E-state index is -0.495. The smallest absolute Gasteiger partial charge is 0.106 e. The molecule has 0 spiro atoms. The summed E-state index contributed by atoms with van der Waals surface area (Å²) in [4.78, 5) is 0. The van der Waals surface area contributed by atoms with E-state index in [1.165, 1.54) is 12.8 Å². The van der Waals surface area contributed by atoms with Gasteiger partial charge in [-0.25, -0.2) is 4.39 Å². The SMILES string of the molecule is CC(C)C12CCC(CC1)CC2F. The molecule has 0 aromatic carbocycles. The zero-order valence-electron chi connectivity index (χ0n) is 8.15. The molecule has 0 aromatic rings. The summed E-state index contributed by atoms with van der Waals surface area (Å²) < 4.78 is 13.8. The van der Waals surface area contributed by atoms with Crippen LogP contribution in [0, 0.1) is 17.3 Å². The van der Waals surface area contributed by atoms with Gasteiger partial charge in [0, 0.05) is 5.41 Å². The molecule has 2 bridgehead atoms. The zero-order valence-corrected chi connectivity index (χ0v) is 8.15. The third kappa shape index (κ3) is 1.02. The monoisotopic (exact) mass is 170 g/mol. The first-order valence-corrected chi connectivity index (χ1v) is 5.29. The number of alkyl halides is 1. The number of fused-ring (bicyclic) bond motifs is 3. The Hall–Kier alpha value is -0.0700. The van der Waals surface area contributed by atoms with Gasteiger partial charge in [-0.2, -0.15) is 0 Å². The summed E-state index contributed by atoms with van der Waals surface area (Å²) in [6, 6.07) is 0. The van der Waals surface area contributed by atoms with Crippen LogP contribution in [0.4, 0.5) is 4.39 Å². The fourth-order valence-corrected chi connectivity index (χ4v) is 3.23. The molecular formula is C11H19F. The maximum absolute atomic E-state index is 13.8. The molecule has 3 rings (SSSR count). The molecule has 0 radical (unpaired) electrons. The average Bonchev–Trinajstić information content (AvgIpc) is 2.05. The average molecular weight is 170 g/mol. The number of hydrogen-bond donors (Lipinski definition) is 0. The van der Waals surface area contributed by atoms with E-state index in [0.717, 1.165) is 25.2 Å². The van der Waals surface area contributed by atoms with Crippen LogP contribution in [-0.4, -0.2) is 6.17 Å². The van der Waals surface area contributed by atoms with Gasteiger partial charge >= 0.3 is 0 Å². The highest BCUT2D eigenvalue weighted by molar-refractivity contribution is 4.99. The number of halogens is 1. The lowest BCUT2D eigenvalue weighted by Crippen LogP contribution is -2.46. The lowest BCUT2D eigenvalue weighted by molar-refractivity contribution is -0.0595. The fourth-order valence-electron chi connectivity index (χ4n) is 3.23. The normalized spacial score (nSPS) is 47.0. The Kier molecular flexibility index (Phi) is 1.93. The van der Waals surface area contributed by atoms with Crippen molar-refractivity contribution in [3.05, 3.63) is 0 Å². The molecule has 3 fully saturated rings. The first-order valence-electron chi connectivity index (χ1n) is 5.29. The topological polar surface area (TPSA) is 0 Å². The Labute approximate surface area is 74.5 Å². The quantitative estimate of drug-likeness (QED) is 0.564. The number of rotatable bonds is 1. The predicted molar refractivity (Wildman–Crippen MR) is 48.7 cm³/mol. The zero-order chi connectivity index (χ0) is 8.77. The third-order valence-electron chi connectivity index (χ3n) is 4.35. The van der Waals surface area contributed by atoms with Crippen molar-refractivity contribution in [2.75, 3.05) is 0 Å². The van der Waals surface area contributed by atoms with Gasteiger partial charge in [0.2, 0.25) is 0 Å². The van der Waals surface area contributed by atoms with Gasteiger partial charge in [0.25, 0.3) is 0 Å². The van der Waals surface area contributed by atoms with E-state index in [0.29, 0.717) is 5.92 Å². The molecule has 1 unspecified atom stereocenters. The second-order valence-corrected chi connectivity index (χ2v) is 5.03. The standard InChI is InChI=1S/C11H19F/c1-8(2)11-5-3-9(4-6-11)7-10(11)12/h8-10H,3-7H2,1-2H3. The lowest BCUT2D eigenvalue weighted by Gasteiger charge is -2.51. The van der Waals surface area contributed by atoms with Crippen molar-refractivity contribution in [1.29, 1.82) is 0 Å². The van der Waals surface area contributed by atoms with Crippen LogP contribution in [0.3, 0.4) is 0 Å². The van der Waals surface area contributed by atoms with Crippen molar-refractivity contribution in [3.8, 4) is 0 Å². The lowest BCUT2D eigenvalue weighted by atomic mass is 9.55. The van der Waals surface area contributed by atoms with Gasteiger partial charge in [-0.1, -0.05) is 13.8 Å². The highest BCUT2D eigenvalue weighted by Gasteiger charge is 2.49. The van der Waals surface area contributed by atoms with Crippen LogP contribution >= 0.6 is 0 Å². The molecule has 3 aliphatic rings. The van der Waals surface area contributed by atoms with E-state index >= 15 is 0 Å². The van der Waals surface area contributed by atoms with Gasteiger partial charge in [-0.15, -0.1) is 0 Å². The van der Waals surface area contributed by atoms with E-state index in [1.807, 2.05) is 0 Å². The van der Waals surface area contributed by atoms with E-state index in [2.05, 4.69) is 13.8 Å². The van der Waals surface area contributed by atoms with Crippen LogP contribution < -0.4 is 0 Å². The largest absolute Gasteiger partial charge is 0.247 e. The Balaban J connectivity index is 2.20. The Bertz CT molecular complexity index is 166. The van der Waals surface area contributed by atoms with Crippen LogP contribution in [0.25, 0.3) is 0 Å². The third-order valence-corrected chi connectivity index (χ3v) is 4.35. The van der Waals surface area contributed by atoms with Crippen LogP contribution in [-0.2, 0) is 0 Å². The molecule has 0 aliphatic heterocycles. The van der Waals surface area contributed by atoms with Crippen molar-refractivity contribution >= 4 is 0 Å². The van der Waals surface area contributed by atoms with Crippen molar-refractivity contribution in [2.45, 2.75) is 52.1 Å². The van der Waals surface area contributed by atoms with E-state index in [4.69, 9.17) is 0 Å². The highest BCUT2D eigenvalue weighted by atomic mass is 19.1. The van der Waals surface area contributed by atoms with Crippen LogP contribution in [0.2, 0.25) is 0 Å². The molecule has 0 saturated heterocycles. The van der Waals surface area contributed by atoms with Gasteiger partial charge in [0.1, 0.15) is 6.17 Å². The van der Waals surface area contributed by atoms with E-state index < -0.39 is 6.17 Å². The van der Waals surface area contributed by atoms with Crippen LogP contribution in [0.5, 0.6) is 0 Å². The summed E-state index contributed by atoms with van der Waals surface area (Å²) in [6.07, 6.45) is 5.24. The highest BCUT2D eigenvalue weighted by Crippen LogP contribution is 2.55. The van der Waals surface area contributed by atoms with E-state index in [1.54, 1.807) is 0 Å². The number of hydrogen-bond acceptors (Lipinski definition) is 0. The summed E-state index contributed by atoms with van der Waals surface area (Å²) in [7, 11) is 0. The summed E-state index contributed by atoms with van der Waals surface area (Å²) in [6.45, 7) is 4.39. The molecule has 0 heterocycles. The van der Waals surface area contributed by atoms with Crippen molar-refractivity contribution < 1.29 is 4.39 Å². The fraction of sp³-hybridized carbons (Fsp3) is 1.00. The molecule has 0 aromatic heterocycles. The summed E-state index contributed by atoms with van der Waals surface area (Å²) in [5.74, 6) is 1.26. The molecule has 0 amide bonds. The molecule has 0 N–H and O–H groups in total. The summed E-state index contributed by atoms with van der Waals surface area (Å²) in [5, 5.41) is 0. The van der Waals surface area contributed by atoms with Crippen LogP contribution in [0.1, 0.15) is 46.0 Å². The summed E-state index contributed by atoms with van der Waals surface area (Å²) in [5.41, 5.74) is 0.0781. The van der Waals surface area contributed by atoms with Crippen molar-refractivity contribution in [1.82, 2.24) is 0 Å². The first-order chi connectivity index (χ1) is 5.65. The maximum Gasteiger partial charge on any atom is 0.106 e. The van der Waals surface area contributed by atoms with Gasteiger partial charge in [-0.3, -0.25) is 0 Å². The van der Waals surface area contributed by atoms with E-state index in [-0.39, 0.29) is 5.41 Å². The molecule has 3 aliphatic carbocycles. The first kappa shape index (κ1) is 8.52. The molecule has 12 heavy (non-hydrogen) atoms. The predicted octanol–water partition coefficient (Wildman–Crippen LogP) is 3.56. The minimum absolute atomic E-state index is 0.0781. The molecule has 70 valence electrons. The Morgan fingerprint density at radius 3 is 2.17 bits per heavy atom. The second-order valence-electron chi connectivity index (χ2n) is 5.03. The van der Waals surface area contributed by atoms with Crippen molar-refractivity contribution in [2.24, 2.45) is 17.3 Å². The Morgan fingerprint density at radius 2 is 1.83 bits per heavy atom.